The molecule has 3 rings (SSSR count). The van der Waals surface area contributed by atoms with Gasteiger partial charge in [-0.05, 0) is 69.3 Å². The smallest absolute Gasteiger partial charge is 0.251 e. The van der Waals surface area contributed by atoms with E-state index in [9.17, 15) is 17.6 Å². The number of carbonyl (C=O) groups excluding carboxylic acids is 1. The molecule has 0 radical (unpaired) electrons. The second kappa shape index (κ2) is 8.61. The van der Waals surface area contributed by atoms with Crippen molar-refractivity contribution < 1.29 is 17.6 Å². The number of hydrogen-bond acceptors (Lipinski definition) is 4. The fourth-order valence-electron chi connectivity index (χ4n) is 3.10. The van der Waals surface area contributed by atoms with Crippen LogP contribution >= 0.6 is 0 Å². The number of rotatable bonds is 8. The minimum absolute atomic E-state index is 0.00861. The average Bonchev–Trinajstić information content (AvgIpc) is 3.45. The summed E-state index contributed by atoms with van der Waals surface area (Å²) in [5, 5.41) is 2.85. The van der Waals surface area contributed by atoms with Crippen molar-refractivity contribution in [3.05, 3.63) is 65.0 Å². The number of nitrogens with zero attached hydrogens (tertiary/aromatic N) is 1. The van der Waals surface area contributed by atoms with Crippen LogP contribution in [0.3, 0.4) is 0 Å². The molecule has 0 saturated heterocycles. The summed E-state index contributed by atoms with van der Waals surface area (Å²) in [5.74, 6) is -0.702. The summed E-state index contributed by atoms with van der Waals surface area (Å²) >= 11 is 0. The molecule has 1 aliphatic carbocycles. The molecule has 1 fully saturated rings. The number of nitrogens with one attached hydrogen (secondary N) is 2. The molecular formula is C21H26FN3O3S. The van der Waals surface area contributed by atoms with E-state index in [0.717, 1.165) is 18.4 Å². The molecule has 8 heteroatoms. The van der Waals surface area contributed by atoms with E-state index in [2.05, 4.69) is 10.0 Å². The Labute approximate surface area is 171 Å². The van der Waals surface area contributed by atoms with E-state index in [-0.39, 0.29) is 35.2 Å². The third kappa shape index (κ3) is 5.41. The van der Waals surface area contributed by atoms with Gasteiger partial charge in [0.05, 0.1) is 10.9 Å². The molecular weight excluding hydrogens is 393 g/mol. The summed E-state index contributed by atoms with van der Waals surface area (Å²) in [5.41, 5.74) is 1.73. The van der Waals surface area contributed by atoms with Crippen molar-refractivity contribution >= 4 is 15.9 Å². The third-order valence-electron chi connectivity index (χ3n) is 4.98. The lowest BCUT2D eigenvalue weighted by molar-refractivity contribution is 0.0941. The largest absolute Gasteiger partial charge is 0.350 e. The average molecular weight is 420 g/mol. The van der Waals surface area contributed by atoms with Crippen molar-refractivity contribution in [1.29, 1.82) is 0 Å². The van der Waals surface area contributed by atoms with E-state index in [1.54, 1.807) is 19.1 Å². The third-order valence-corrected chi connectivity index (χ3v) is 6.49. The highest BCUT2D eigenvalue weighted by Gasteiger charge is 2.28. The molecule has 0 aliphatic heterocycles. The Kier molecular flexibility index (Phi) is 6.36. The fourth-order valence-corrected chi connectivity index (χ4v) is 4.43. The molecule has 0 aromatic heterocycles. The molecule has 2 N–H and O–H groups in total. The minimum atomic E-state index is -3.64. The molecule has 0 heterocycles. The molecule has 156 valence electrons. The van der Waals surface area contributed by atoms with Crippen molar-refractivity contribution in [1.82, 2.24) is 14.9 Å². The Morgan fingerprint density at radius 2 is 1.93 bits per heavy atom. The normalized spacial score (nSPS) is 15.3. The maximum absolute atomic E-state index is 13.6. The zero-order valence-electron chi connectivity index (χ0n) is 16.8. The molecule has 29 heavy (non-hydrogen) atoms. The van der Waals surface area contributed by atoms with Gasteiger partial charge in [0.25, 0.3) is 5.91 Å². The topological polar surface area (TPSA) is 78.5 Å². The molecule has 1 amide bonds. The predicted molar refractivity (Wildman–Crippen MR) is 110 cm³/mol. The Hall–Kier alpha value is -2.29. The first-order valence-corrected chi connectivity index (χ1v) is 11.0. The van der Waals surface area contributed by atoms with Gasteiger partial charge in [0, 0.05) is 18.2 Å². The Balaban J connectivity index is 1.76. The van der Waals surface area contributed by atoms with E-state index in [1.807, 2.05) is 25.1 Å². The van der Waals surface area contributed by atoms with E-state index in [4.69, 9.17) is 0 Å². The van der Waals surface area contributed by atoms with Crippen LogP contribution in [0.4, 0.5) is 4.39 Å². The Morgan fingerprint density at radius 1 is 1.21 bits per heavy atom. The predicted octanol–water partition coefficient (Wildman–Crippen LogP) is 2.61. The summed E-state index contributed by atoms with van der Waals surface area (Å²) in [6.07, 6.45) is 1.68. The van der Waals surface area contributed by atoms with Crippen LogP contribution in [-0.4, -0.2) is 45.9 Å². The van der Waals surface area contributed by atoms with Gasteiger partial charge in [-0.3, -0.25) is 4.79 Å². The van der Waals surface area contributed by atoms with Crippen LogP contribution in [-0.2, 0) is 10.0 Å². The van der Waals surface area contributed by atoms with Gasteiger partial charge in [-0.1, -0.05) is 18.2 Å². The van der Waals surface area contributed by atoms with E-state index in [1.165, 1.54) is 24.3 Å². The number of likely N-dealkylation sites (N-methyl/N-ethyl adjacent to an activating group) is 1. The number of hydrogen-bond donors (Lipinski definition) is 2. The van der Waals surface area contributed by atoms with Crippen LogP contribution in [0.2, 0.25) is 0 Å². The zero-order chi connectivity index (χ0) is 21.2. The van der Waals surface area contributed by atoms with Crippen LogP contribution in [0.1, 0.15) is 40.4 Å². The molecule has 0 spiro atoms. The monoisotopic (exact) mass is 419 g/mol. The number of halogens is 1. The highest BCUT2D eigenvalue weighted by Crippen LogP contribution is 2.23. The van der Waals surface area contributed by atoms with E-state index in [0.29, 0.717) is 11.1 Å². The standard InChI is InChI=1S/C21H26FN3O3S/c1-14-7-10-18(29(27,28)24-17-8-9-17)12-19(14)21(26)23-13-20(25(2)3)15-5-4-6-16(22)11-15/h4-7,10-12,17,20,24H,8-9,13H2,1-3H3,(H,23,26)/t20-/m1/s1. The molecule has 2 aromatic rings. The van der Waals surface area contributed by atoms with Crippen molar-refractivity contribution in [2.75, 3.05) is 20.6 Å². The number of carbonyl (C=O) groups is 1. The minimum Gasteiger partial charge on any atom is -0.350 e. The second-order valence-corrected chi connectivity index (χ2v) is 9.33. The van der Waals surface area contributed by atoms with Crippen molar-refractivity contribution in [2.45, 2.75) is 36.7 Å². The highest BCUT2D eigenvalue weighted by molar-refractivity contribution is 7.89. The molecule has 1 atom stereocenters. The molecule has 0 bridgehead atoms. The highest BCUT2D eigenvalue weighted by atomic mass is 32.2. The molecule has 1 saturated carbocycles. The summed E-state index contributed by atoms with van der Waals surface area (Å²) in [4.78, 5) is 14.8. The maximum Gasteiger partial charge on any atom is 0.251 e. The van der Waals surface area contributed by atoms with E-state index < -0.39 is 10.0 Å². The molecule has 6 nitrogen and oxygen atoms in total. The van der Waals surface area contributed by atoms with Crippen molar-refractivity contribution in [3.8, 4) is 0 Å². The van der Waals surface area contributed by atoms with Crippen LogP contribution < -0.4 is 10.0 Å². The summed E-state index contributed by atoms with van der Waals surface area (Å²) < 4.78 is 41.1. The Morgan fingerprint density at radius 3 is 2.55 bits per heavy atom. The number of sulfonamides is 1. The maximum atomic E-state index is 13.6. The lowest BCUT2D eigenvalue weighted by atomic mass is 10.0. The zero-order valence-corrected chi connectivity index (χ0v) is 17.6. The number of amides is 1. The summed E-state index contributed by atoms with van der Waals surface area (Å²) in [6, 6.07) is 10.6. The lowest BCUT2D eigenvalue weighted by Crippen LogP contribution is -2.35. The molecule has 0 unspecified atom stereocenters. The van der Waals surface area contributed by atoms with Gasteiger partial charge >= 0.3 is 0 Å². The molecule has 1 aliphatic rings. The van der Waals surface area contributed by atoms with Crippen LogP contribution in [0.15, 0.2) is 47.4 Å². The van der Waals surface area contributed by atoms with Gasteiger partial charge in [-0.15, -0.1) is 0 Å². The van der Waals surface area contributed by atoms with E-state index >= 15 is 0 Å². The van der Waals surface area contributed by atoms with Gasteiger partial charge in [0.1, 0.15) is 5.82 Å². The quantitative estimate of drug-likeness (QED) is 0.690. The fraction of sp³-hybridized carbons (Fsp3) is 0.381. The second-order valence-electron chi connectivity index (χ2n) is 7.62. The van der Waals surface area contributed by atoms with Gasteiger partial charge in [-0.25, -0.2) is 17.5 Å². The van der Waals surface area contributed by atoms with Crippen LogP contribution in [0.25, 0.3) is 0 Å². The number of aryl methyl sites for hydroxylation is 1. The van der Waals surface area contributed by atoms with Gasteiger partial charge in [-0.2, -0.15) is 0 Å². The van der Waals surface area contributed by atoms with Crippen molar-refractivity contribution in [3.63, 3.8) is 0 Å². The SMILES string of the molecule is Cc1ccc(S(=O)(=O)NC2CC2)cc1C(=O)NC[C@H](c1cccc(F)c1)N(C)C. The van der Waals surface area contributed by atoms with Gasteiger partial charge in [0.2, 0.25) is 10.0 Å². The van der Waals surface area contributed by atoms with Crippen LogP contribution in [0, 0.1) is 12.7 Å². The number of benzene rings is 2. The van der Waals surface area contributed by atoms with Crippen molar-refractivity contribution in [2.24, 2.45) is 0 Å². The first-order valence-electron chi connectivity index (χ1n) is 9.50. The van der Waals surface area contributed by atoms with Gasteiger partial charge < -0.3 is 10.2 Å². The lowest BCUT2D eigenvalue weighted by Gasteiger charge is -2.25. The van der Waals surface area contributed by atoms with Gasteiger partial charge in [0.15, 0.2) is 0 Å². The summed E-state index contributed by atoms with van der Waals surface area (Å²) in [7, 11) is 0.0597. The Bertz CT molecular complexity index is 1000. The molecule has 2 aromatic carbocycles. The van der Waals surface area contributed by atoms with Crippen LogP contribution in [0.5, 0.6) is 0 Å². The first kappa shape index (κ1) is 21.4. The summed E-state index contributed by atoms with van der Waals surface area (Å²) in [6.45, 7) is 2.02. The first-order chi connectivity index (χ1) is 13.7.